The molecule has 0 amide bonds. The van der Waals surface area contributed by atoms with Gasteiger partial charge in [-0.1, -0.05) is 11.2 Å². The summed E-state index contributed by atoms with van der Waals surface area (Å²) < 4.78 is -0.0928. The first-order chi connectivity index (χ1) is 6.18. The normalized spacial score (nSPS) is 17.9. The zero-order valence-corrected chi connectivity index (χ0v) is 8.98. The largest absolute Gasteiger partial charge is 0.389 e. The third-order valence-electron chi connectivity index (χ3n) is 1.80. The Morgan fingerprint density at radius 3 is 3.08 bits per heavy atom. The van der Waals surface area contributed by atoms with Crippen molar-refractivity contribution in [2.24, 2.45) is 5.16 Å². The number of hydrogen-bond acceptors (Lipinski definition) is 3. The number of rotatable bonds is 3. The molecule has 0 atom stereocenters. The van der Waals surface area contributed by atoms with Gasteiger partial charge >= 0.3 is 0 Å². The van der Waals surface area contributed by atoms with E-state index >= 15 is 0 Å². The van der Waals surface area contributed by atoms with Crippen LogP contribution in [-0.4, -0.2) is 36.3 Å². The van der Waals surface area contributed by atoms with E-state index in [1.54, 1.807) is 0 Å². The Morgan fingerprint density at radius 1 is 1.69 bits per heavy atom. The highest BCUT2D eigenvalue weighted by Crippen LogP contribution is 2.08. The first kappa shape index (κ1) is 10.8. The van der Waals surface area contributed by atoms with E-state index in [0.29, 0.717) is 6.61 Å². The Bertz CT molecular complexity index is 224. The van der Waals surface area contributed by atoms with Gasteiger partial charge in [-0.2, -0.15) is 0 Å². The molecular formula is C8H12Cl2N2O. The quantitative estimate of drug-likeness (QED) is 0.415. The summed E-state index contributed by atoms with van der Waals surface area (Å²) in [6, 6.07) is 0. The van der Waals surface area contributed by atoms with E-state index in [0.717, 1.165) is 19.5 Å². The third-order valence-corrected chi connectivity index (χ3v) is 1.94. The molecule has 0 fully saturated rings. The summed E-state index contributed by atoms with van der Waals surface area (Å²) in [6.45, 7) is 2.49. The third kappa shape index (κ3) is 4.50. The molecule has 0 saturated heterocycles. The molecule has 0 aromatic rings. The van der Waals surface area contributed by atoms with Crippen molar-refractivity contribution in [3.63, 3.8) is 0 Å². The van der Waals surface area contributed by atoms with Gasteiger partial charge in [0, 0.05) is 13.1 Å². The average Bonchev–Trinajstić information content (AvgIpc) is 2.03. The van der Waals surface area contributed by atoms with Gasteiger partial charge < -0.3 is 9.74 Å². The minimum Gasteiger partial charge on any atom is -0.389 e. The molecule has 0 spiro atoms. The Hall–Kier alpha value is -0.250. The van der Waals surface area contributed by atoms with Gasteiger partial charge in [-0.05, 0) is 42.2 Å². The SMILES string of the molecule is CN1CCC=C(CON=C(Cl)Cl)C1. The number of halogens is 2. The predicted octanol–water partition coefficient (Wildman–Crippen LogP) is 2.01. The molecule has 0 N–H and O–H groups in total. The summed E-state index contributed by atoms with van der Waals surface area (Å²) in [5, 5.41) is 3.43. The first-order valence-electron chi connectivity index (χ1n) is 4.06. The van der Waals surface area contributed by atoms with Gasteiger partial charge in [0.2, 0.25) is 4.63 Å². The zero-order chi connectivity index (χ0) is 9.68. The van der Waals surface area contributed by atoms with E-state index in [4.69, 9.17) is 28.0 Å². The molecule has 0 bridgehead atoms. The van der Waals surface area contributed by atoms with Crippen LogP contribution in [0, 0.1) is 0 Å². The van der Waals surface area contributed by atoms with Crippen molar-refractivity contribution in [2.75, 3.05) is 26.7 Å². The molecule has 13 heavy (non-hydrogen) atoms. The molecule has 0 aromatic carbocycles. The average molecular weight is 223 g/mol. The van der Waals surface area contributed by atoms with Crippen molar-refractivity contribution in [1.82, 2.24) is 4.90 Å². The van der Waals surface area contributed by atoms with Crippen LogP contribution in [-0.2, 0) is 4.84 Å². The van der Waals surface area contributed by atoms with Gasteiger partial charge in [0.25, 0.3) is 0 Å². The van der Waals surface area contributed by atoms with E-state index in [2.05, 4.69) is 23.2 Å². The molecule has 74 valence electrons. The lowest BCUT2D eigenvalue weighted by molar-refractivity contribution is 0.161. The minimum absolute atomic E-state index is 0.0928. The van der Waals surface area contributed by atoms with E-state index in [1.807, 2.05) is 0 Å². The summed E-state index contributed by atoms with van der Waals surface area (Å²) in [4.78, 5) is 7.14. The summed E-state index contributed by atoms with van der Waals surface area (Å²) in [5.41, 5.74) is 1.21. The van der Waals surface area contributed by atoms with Crippen LogP contribution in [0.1, 0.15) is 6.42 Å². The number of oxime groups is 1. The molecule has 1 rings (SSSR count). The number of likely N-dealkylation sites (N-methyl/N-ethyl adjacent to an activating group) is 1. The van der Waals surface area contributed by atoms with E-state index in [-0.39, 0.29) is 4.63 Å². The predicted molar refractivity (Wildman–Crippen MR) is 55.3 cm³/mol. The Morgan fingerprint density at radius 2 is 2.46 bits per heavy atom. The number of nitrogens with zero attached hydrogens (tertiary/aromatic N) is 2. The highest BCUT2D eigenvalue weighted by Gasteiger charge is 2.08. The van der Waals surface area contributed by atoms with E-state index < -0.39 is 0 Å². The van der Waals surface area contributed by atoms with Crippen LogP contribution >= 0.6 is 23.2 Å². The van der Waals surface area contributed by atoms with Crippen molar-refractivity contribution in [3.05, 3.63) is 11.6 Å². The molecule has 0 aliphatic carbocycles. The van der Waals surface area contributed by atoms with Gasteiger partial charge in [-0.15, -0.1) is 0 Å². The molecule has 1 aliphatic heterocycles. The fourth-order valence-electron chi connectivity index (χ4n) is 1.25. The lowest BCUT2D eigenvalue weighted by Crippen LogP contribution is -2.26. The Balaban J connectivity index is 2.29. The smallest absolute Gasteiger partial charge is 0.235 e. The maximum Gasteiger partial charge on any atom is 0.235 e. The fraction of sp³-hybridized carbons (Fsp3) is 0.625. The van der Waals surface area contributed by atoms with Gasteiger partial charge in [0.15, 0.2) is 0 Å². The van der Waals surface area contributed by atoms with Crippen LogP contribution in [0.25, 0.3) is 0 Å². The van der Waals surface area contributed by atoms with Crippen LogP contribution in [0.15, 0.2) is 16.8 Å². The van der Waals surface area contributed by atoms with Crippen molar-refractivity contribution >= 4 is 27.8 Å². The molecule has 5 heteroatoms. The van der Waals surface area contributed by atoms with Crippen molar-refractivity contribution < 1.29 is 4.84 Å². The van der Waals surface area contributed by atoms with Crippen LogP contribution in [0.4, 0.5) is 0 Å². The Labute approximate surface area is 87.9 Å². The van der Waals surface area contributed by atoms with Crippen molar-refractivity contribution in [2.45, 2.75) is 6.42 Å². The lowest BCUT2D eigenvalue weighted by Gasteiger charge is -2.21. The second-order valence-corrected chi connectivity index (χ2v) is 3.90. The fourth-order valence-corrected chi connectivity index (χ4v) is 1.35. The van der Waals surface area contributed by atoms with Crippen LogP contribution in [0.2, 0.25) is 0 Å². The summed E-state index contributed by atoms with van der Waals surface area (Å²) in [5.74, 6) is 0. The molecule has 1 aliphatic rings. The molecule has 0 unspecified atom stereocenters. The topological polar surface area (TPSA) is 24.8 Å². The highest BCUT2D eigenvalue weighted by atomic mass is 35.5. The van der Waals surface area contributed by atoms with Crippen LogP contribution in [0.3, 0.4) is 0 Å². The van der Waals surface area contributed by atoms with Crippen LogP contribution in [0.5, 0.6) is 0 Å². The molecule has 0 radical (unpaired) electrons. The summed E-state index contributed by atoms with van der Waals surface area (Å²) in [7, 11) is 2.07. The molecular weight excluding hydrogens is 211 g/mol. The van der Waals surface area contributed by atoms with Gasteiger partial charge in [0.1, 0.15) is 6.61 Å². The maximum atomic E-state index is 5.28. The minimum atomic E-state index is -0.0928. The summed E-state index contributed by atoms with van der Waals surface area (Å²) in [6.07, 6.45) is 3.23. The van der Waals surface area contributed by atoms with E-state index in [9.17, 15) is 0 Å². The summed E-state index contributed by atoms with van der Waals surface area (Å²) >= 11 is 10.6. The van der Waals surface area contributed by atoms with Crippen LogP contribution < -0.4 is 0 Å². The van der Waals surface area contributed by atoms with Gasteiger partial charge in [-0.25, -0.2) is 0 Å². The van der Waals surface area contributed by atoms with E-state index in [1.165, 1.54) is 5.57 Å². The maximum absolute atomic E-state index is 5.28. The second-order valence-electron chi connectivity index (χ2n) is 2.99. The second kappa shape index (κ2) is 5.47. The Kier molecular flexibility index (Phi) is 4.56. The van der Waals surface area contributed by atoms with Crippen molar-refractivity contribution in [3.8, 4) is 0 Å². The molecule has 3 nitrogen and oxygen atoms in total. The number of hydrogen-bond donors (Lipinski definition) is 0. The zero-order valence-electron chi connectivity index (χ0n) is 7.46. The molecule has 1 heterocycles. The van der Waals surface area contributed by atoms with Crippen molar-refractivity contribution in [1.29, 1.82) is 0 Å². The standard InChI is InChI=1S/C8H12Cl2N2O/c1-12-4-2-3-7(5-12)6-13-11-8(9)10/h3H,2,4-6H2,1H3. The highest BCUT2D eigenvalue weighted by molar-refractivity contribution is 6.95. The molecule has 0 aromatic heterocycles. The monoisotopic (exact) mass is 222 g/mol. The van der Waals surface area contributed by atoms with Gasteiger partial charge in [0.05, 0.1) is 0 Å². The first-order valence-corrected chi connectivity index (χ1v) is 4.81. The lowest BCUT2D eigenvalue weighted by atomic mass is 10.1. The van der Waals surface area contributed by atoms with Gasteiger partial charge in [-0.3, -0.25) is 0 Å². The molecule has 0 saturated carbocycles.